The van der Waals surface area contributed by atoms with Gasteiger partial charge in [-0.05, 0) is 19.8 Å². The molecule has 0 aromatic carbocycles. The number of carbonyl (C=O) groups excluding carboxylic acids is 1. The smallest absolute Gasteiger partial charge is 0.323 e. The number of carbonyl (C=O) groups is 2. The van der Waals surface area contributed by atoms with E-state index in [1.807, 2.05) is 13.8 Å². The number of thiazole rings is 1. The number of hydrogen-bond acceptors (Lipinski definition) is 4. The highest BCUT2D eigenvalue weighted by Gasteiger charge is 2.22. The second-order valence-corrected chi connectivity index (χ2v) is 5.08. The molecular weight excluding hydrogens is 252 g/mol. The Labute approximate surface area is 110 Å². The first-order valence-electron chi connectivity index (χ1n) is 5.96. The van der Waals surface area contributed by atoms with Crippen LogP contribution in [-0.4, -0.2) is 40.0 Å². The van der Waals surface area contributed by atoms with Gasteiger partial charge in [0.25, 0.3) is 5.91 Å². The maximum atomic E-state index is 12.3. The second kappa shape index (κ2) is 6.49. The van der Waals surface area contributed by atoms with E-state index < -0.39 is 5.97 Å². The molecule has 1 aromatic rings. The predicted octanol–water partition coefficient (Wildman–Crippen LogP) is 1.95. The molecule has 0 saturated heterocycles. The molecule has 0 aliphatic rings. The average Bonchev–Trinajstić information content (AvgIpc) is 2.68. The lowest BCUT2D eigenvalue weighted by molar-refractivity contribution is -0.137. The van der Waals surface area contributed by atoms with E-state index >= 15 is 0 Å². The van der Waals surface area contributed by atoms with Crippen molar-refractivity contribution in [2.24, 2.45) is 0 Å². The molecule has 0 atom stereocenters. The Bertz CT molecular complexity index is 443. The Hall–Kier alpha value is -1.43. The molecule has 100 valence electrons. The molecule has 1 rings (SSSR count). The van der Waals surface area contributed by atoms with Crippen LogP contribution in [0.25, 0.3) is 0 Å². The first-order valence-corrected chi connectivity index (χ1v) is 6.78. The molecule has 0 radical (unpaired) electrons. The lowest BCUT2D eigenvalue weighted by Crippen LogP contribution is -2.36. The minimum absolute atomic E-state index is 0.228. The highest BCUT2D eigenvalue weighted by atomic mass is 32.1. The molecule has 6 heteroatoms. The quantitative estimate of drug-likeness (QED) is 0.857. The van der Waals surface area contributed by atoms with Crippen molar-refractivity contribution in [1.29, 1.82) is 0 Å². The number of aliphatic carboxylic acids is 1. The van der Waals surface area contributed by atoms with Gasteiger partial charge in [0.15, 0.2) is 0 Å². The van der Waals surface area contributed by atoms with Crippen LogP contribution >= 0.6 is 11.3 Å². The van der Waals surface area contributed by atoms with Gasteiger partial charge in [-0.1, -0.05) is 13.8 Å². The zero-order valence-corrected chi connectivity index (χ0v) is 11.7. The Morgan fingerprint density at radius 1 is 1.39 bits per heavy atom. The standard InChI is InChI=1S/C12H18N2O3S/c1-4-6-14(7-10(15)16)12(17)11-8(3)13-9(5-2)18-11/h4-7H2,1-3H3,(H,15,16). The van der Waals surface area contributed by atoms with Crippen molar-refractivity contribution in [3.05, 3.63) is 15.6 Å². The fourth-order valence-corrected chi connectivity index (χ4v) is 2.60. The van der Waals surface area contributed by atoms with Gasteiger partial charge in [0.2, 0.25) is 0 Å². The minimum atomic E-state index is -0.991. The molecule has 0 aliphatic heterocycles. The van der Waals surface area contributed by atoms with Crippen molar-refractivity contribution in [2.45, 2.75) is 33.6 Å². The van der Waals surface area contributed by atoms with Crippen molar-refractivity contribution in [3.8, 4) is 0 Å². The number of carboxylic acids is 1. The van der Waals surface area contributed by atoms with E-state index in [2.05, 4.69) is 4.98 Å². The Morgan fingerprint density at radius 3 is 2.50 bits per heavy atom. The normalized spacial score (nSPS) is 10.4. The van der Waals surface area contributed by atoms with Crippen LogP contribution in [-0.2, 0) is 11.2 Å². The summed E-state index contributed by atoms with van der Waals surface area (Å²) in [6, 6.07) is 0. The number of rotatable bonds is 6. The van der Waals surface area contributed by atoms with Gasteiger partial charge in [-0.3, -0.25) is 9.59 Å². The van der Waals surface area contributed by atoms with Crippen molar-refractivity contribution < 1.29 is 14.7 Å². The summed E-state index contributed by atoms with van der Waals surface area (Å²) in [4.78, 5) is 29.2. The van der Waals surface area contributed by atoms with Crippen LogP contribution in [0.1, 0.15) is 40.6 Å². The SMILES string of the molecule is CCCN(CC(=O)O)C(=O)c1sc(CC)nc1C. The van der Waals surface area contributed by atoms with Crippen LogP contribution in [0.3, 0.4) is 0 Å². The molecule has 0 unspecified atom stereocenters. The molecule has 1 amide bonds. The first kappa shape index (κ1) is 14.6. The zero-order chi connectivity index (χ0) is 13.7. The molecule has 5 nitrogen and oxygen atoms in total. The topological polar surface area (TPSA) is 70.5 Å². The van der Waals surface area contributed by atoms with Crippen molar-refractivity contribution in [2.75, 3.05) is 13.1 Å². The van der Waals surface area contributed by atoms with Gasteiger partial charge in [0.05, 0.1) is 10.7 Å². The summed E-state index contributed by atoms with van der Waals surface area (Å²) in [5.41, 5.74) is 0.688. The zero-order valence-electron chi connectivity index (χ0n) is 10.9. The number of aryl methyl sites for hydroxylation is 2. The third kappa shape index (κ3) is 3.53. The fourth-order valence-electron chi connectivity index (χ4n) is 1.63. The summed E-state index contributed by atoms with van der Waals surface area (Å²) < 4.78 is 0. The van der Waals surface area contributed by atoms with E-state index in [0.717, 1.165) is 17.8 Å². The van der Waals surface area contributed by atoms with Crippen LogP contribution in [0.4, 0.5) is 0 Å². The highest BCUT2D eigenvalue weighted by Crippen LogP contribution is 2.20. The van der Waals surface area contributed by atoms with Gasteiger partial charge < -0.3 is 10.0 Å². The van der Waals surface area contributed by atoms with Crippen LogP contribution in [0.5, 0.6) is 0 Å². The summed E-state index contributed by atoms with van der Waals surface area (Å²) in [6.45, 7) is 5.87. The van der Waals surface area contributed by atoms with Gasteiger partial charge in [-0.2, -0.15) is 0 Å². The number of nitrogens with zero attached hydrogens (tertiary/aromatic N) is 2. The molecule has 1 N–H and O–H groups in total. The van der Waals surface area contributed by atoms with E-state index in [9.17, 15) is 9.59 Å². The molecule has 0 saturated carbocycles. The van der Waals surface area contributed by atoms with Gasteiger partial charge in [-0.15, -0.1) is 11.3 Å². The molecule has 1 heterocycles. The summed E-state index contributed by atoms with van der Waals surface area (Å²) in [5, 5.41) is 9.73. The average molecular weight is 270 g/mol. The van der Waals surface area contributed by atoms with Gasteiger partial charge in [0.1, 0.15) is 11.4 Å². The van der Waals surface area contributed by atoms with Crippen molar-refractivity contribution in [3.63, 3.8) is 0 Å². The summed E-state index contributed by atoms with van der Waals surface area (Å²) >= 11 is 1.35. The Kier molecular flexibility index (Phi) is 5.27. The van der Waals surface area contributed by atoms with Crippen molar-refractivity contribution in [1.82, 2.24) is 9.88 Å². The molecule has 0 spiro atoms. The van der Waals surface area contributed by atoms with Crippen LogP contribution in [0.2, 0.25) is 0 Å². The minimum Gasteiger partial charge on any atom is -0.480 e. The van der Waals surface area contributed by atoms with Crippen LogP contribution in [0.15, 0.2) is 0 Å². The number of aromatic nitrogens is 1. The second-order valence-electron chi connectivity index (χ2n) is 4.00. The summed E-state index contributed by atoms with van der Waals surface area (Å²) in [7, 11) is 0. The van der Waals surface area contributed by atoms with Gasteiger partial charge in [0, 0.05) is 6.54 Å². The fraction of sp³-hybridized carbons (Fsp3) is 0.583. The molecule has 1 aromatic heterocycles. The Morgan fingerprint density at radius 2 is 2.06 bits per heavy atom. The van der Waals surface area contributed by atoms with Gasteiger partial charge in [-0.25, -0.2) is 4.98 Å². The molecular formula is C12H18N2O3S. The maximum Gasteiger partial charge on any atom is 0.323 e. The molecule has 18 heavy (non-hydrogen) atoms. The lowest BCUT2D eigenvalue weighted by atomic mass is 10.3. The maximum absolute atomic E-state index is 12.3. The third-order valence-electron chi connectivity index (χ3n) is 2.44. The lowest BCUT2D eigenvalue weighted by Gasteiger charge is -2.19. The van der Waals surface area contributed by atoms with E-state index in [4.69, 9.17) is 5.11 Å². The third-order valence-corrected chi connectivity index (χ3v) is 3.73. The van der Waals surface area contributed by atoms with Crippen molar-refractivity contribution >= 4 is 23.2 Å². The summed E-state index contributed by atoms with van der Waals surface area (Å²) in [5.74, 6) is -1.22. The monoisotopic (exact) mass is 270 g/mol. The van der Waals surface area contributed by atoms with E-state index in [1.165, 1.54) is 16.2 Å². The summed E-state index contributed by atoms with van der Waals surface area (Å²) in [6.07, 6.45) is 1.52. The molecule has 0 bridgehead atoms. The van der Waals surface area contributed by atoms with Gasteiger partial charge >= 0.3 is 5.97 Å². The largest absolute Gasteiger partial charge is 0.480 e. The van der Waals surface area contributed by atoms with Crippen LogP contribution in [0, 0.1) is 6.92 Å². The first-order chi connectivity index (χ1) is 8.49. The van der Waals surface area contributed by atoms with E-state index in [0.29, 0.717) is 17.1 Å². The van der Waals surface area contributed by atoms with E-state index in [1.54, 1.807) is 6.92 Å². The molecule has 0 aliphatic carbocycles. The number of amides is 1. The number of hydrogen-bond donors (Lipinski definition) is 1. The number of carboxylic acid groups (broad SMARTS) is 1. The van der Waals surface area contributed by atoms with Crippen LogP contribution < -0.4 is 0 Å². The Balaban J connectivity index is 2.93. The molecule has 0 fully saturated rings. The highest BCUT2D eigenvalue weighted by molar-refractivity contribution is 7.13. The predicted molar refractivity (Wildman–Crippen MR) is 70.1 cm³/mol. The van der Waals surface area contributed by atoms with E-state index in [-0.39, 0.29) is 12.5 Å².